The number of carboxylic acid groups (broad SMARTS) is 1. The highest BCUT2D eigenvalue weighted by atomic mass is 35.5. The van der Waals surface area contributed by atoms with Crippen LogP contribution in [0.5, 0.6) is 0 Å². The fourth-order valence-electron chi connectivity index (χ4n) is 1.60. The maximum atomic E-state index is 10.8. The summed E-state index contributed by atoms with van der Waals surface area (Å²) in [5, 5.41) is 8.92. The third-order valence-electron chi connectivity index (χ3n) is 2.43. The van der Waals surface area contributed by atoms with E-state index in [9.17, 15) is 4.79 Å². The molecule has 0 heterocycles. The molecular formula is C8H13ClO2. The van der Waals surface area contributed by atoms with Gasteiger partial charge in [0.2, 0.25) is 0 Å². The second kappa shape index (κ2) is 3.02. The van der Waals surface area contributed by atoms with Crippen molar-refractivity contribution in [1.82, 2.24) is 0 Å². The van der Waals surface area contributed by atoms with Gasteiger partial charge in [-0.15, -0.1) is 11.6 Å². The van der Waals surface area contributed by atoms with E-state index in [0.717, 1.165) is 19.3 Å². The van der Waals surface area contributed by atoms with Crippen LogP contribution in [0.3, 0.4) is 0 Å². The second-order valence-corrected chi connectivity index (χ2v) is 4.18. The van der Waals surface area contributed by atoms with Crippen LogP contribution in [0.15, 0.2) is 0 Å². The van der Waals surface area contributed by atoms with Gasteiger partial charge in [-0.3, -0.25) is 4.79 Å². The summed E-state index contributed by atoms with van der Waals surface area (Å²) in [7, 11) is 0. The molecule has 3 heteroatoms. The van der Waals surface area contributed by atoms with Crippen molar-refractivity contribution in [3.8, 4) is 0 Å². The molecule has 1 N–H and O–H groups in total. The van der Waals surface area contributed by atoms with Gasteiger partial charge in [0.05, 0.1) is 5.41 Å². The molecule has 64 valence electrons. The quantitative estimate of drug-likeness (QED) is 0.623. The first kappa shape index (κ1) is 8.85. The fraction of sp³-hybridized carbons (Fsp3) is 0.875. The Labute approximate surface area is 71.5 Å². The molecule has 0 bridgehead atoms. The van der Waals surface area contributed by atoms with Crippen LogP contribution in [-0.4, -0.2) is 16.5 Å². The predicted molar refractivity (Wildman–Crippen MR) is 43.9 cm³/mol. The van der Waals surface area contributed by atoms with Crippen molar-refractivity contribution in [1.29, 1.82) is 0 Å². The molecule has 1 aliphatic rings. The zero-order valence-corrected chi connectivity index (χ0v) is 7.40. The van der Waals surface area contributed by atoms with Crippen molar-refractivity contribution < 1.29 is 9.90 Å². The summed E-state index contributed by atoms with van der Waals surface area (Å²) in [6, 6.07) is 0. The van der Waals surface area contributed by atoms with Crippen LogP contribution in [0.4, 0.5) is 0 Å². The topological polar surface area (TPSA) is 37.3 Å². The SMILES string of the molecule is C[C@@]1(C(=O)O)CCC[C@@H](Cl)C1. The van der Waals surface area contributed by atoms with E-state index in [1.165, 1.54) is 0 Å². The van der Waals surface area contributed by atoms with E-state index in [4.69, 9.17) is 16.7 Å². The van der Waals surface area contributed by atoms with Crippen LogP contribution in [0, 0.1) is 5.41 Å². The van der Waals surface area contributed by atoms with E-state index in [0.29, 0.717) is 6.42 Å². The molecule has 1 aliphatic carbocycles. The highest BCUT2D eigenvalue weighted by Crippen LogP contribution is 2.38. The number of carbonyl (C=O) groups is 1. The Morgan fingerprint density at radius 1 is 1.73 bits per heavy atom. The van der Waals surface area contributed by atoms with Gasteiger partial charge in [0.15, 0.2) is 0 Å². The van der Waals surface area contributed by atoms with Gasteiger partial charge in [-0.25, -0.2) is 0 Å². The van der Waals surface area contributed by atoms with Crippen molar-refractivity contribution in [3.05, 3.63) is 0 Å². The molecule has 0 aromatic rings. The number of halogens is 1. The molecular weight excluding hydrogens is 164 g/mol. The van der Waals surface area contributed by atoms with Crippen molar-refractivity contribution in [2.24, 2.45) is 5.41 Å². The highest BCUT2D eigenvalue weighted by molar-refractivity contribution is 6.20. The molecule has 2 nitrogen and oxygen atoms in total. The molecule has 0 radical (unpaired) electrons. The van der Waals surface area contributed by atoms with Gasteiger partial charge in [0, 0.05) is 5.38 Å². The van der Waals surface area contributed by atoms with Crippen molar-refractivity contribution in [3.63, 3.8) is 0 Å². The Morgan fingerprint density at radius 2 is 2.36 bits per heavy atom. The Morgan fingerprint density at radius 3 is 2.73 bits per heavy atom. The molecule has 0 saturated heterocycles. The number of alkyl halides is 1. The predicted octanol–water partition coefficient (Wildman–Crippen LogP) is 2.26. The monoisotopic (exact) mass is 176 g/mol. The summed E-state index contributed by atoms with van der Waals surface area (Å²) in [5.41, 5.74) is -0.565. The minimum atomic E-state index is -0.706. The maximum Gasteiger partial charge on any atom is 0.309 e. The Hall–Kier alpha value is -0.240. The minimum absolute atomic E-state index is 0.0600. The van der Waals surface area contributed by atoms with Crippen LogP contribution in [0.1, 0.15) is 32.6 Å². The van der Waals surface area contributed by atoms with Crippen molar-refractivity contribution in [2.75, 3.05) is 0 Å². The third-order valence-corrected chi connectivity index (χ3v) is 2.81. The Balaban J connectivity index is 2.63. The fourth-order valence-corrected chi connectivity index (χ4v) is 2.10. The summed E-state index contributed by atoms with van der Waals surface area (Å²) < 4.78 is 0. The lowest BCUT2D eigenvalue weighted by Gasteiger charge is -2.31. The zero-order valence-electron chi connectivity index (χ0n) is 6.64. The first-order valence-electron chi connectivity index (χ1n) is 3.92. The standard InChI is InChI=1S/C8H13ClO2/c1-8(7(10)11)4-2-3-6(9)5-8/h6H,2-5H2,1H3,(H,10,11)/t6-,8-/m1/s1. The average molecular weight is 177 g/mol. The summed E-state index contributed by atoms with van der Waals surface area (Å²) in [6.07, 6.45) is 3.29. The lowest BCUT2D eigenvalue weighted by atomic mass is 9.76. The highest BCUT2D eigenvalue weighted by Gasteiger charge is 2.37. The van der Waals surface area contributed by atoms with Crippen molar-refractivity contribution >= 4 is 17.6 Å². The molecule has 0 spiro atoms. The van der Waals surface area contributed by atoms with Crippen LogP contribution in [-0.2, 0) is 4.79 Å². The van der Waals surface area contributed by atoms with E-state index in [2.05, 4.69) is 0 Å². The molecule has 11 heavy (non-hydrogen) atoms. The summed E-state index contributed by atoms with van der Waals surface area (Å²) in [6.45, 7) is 1.78. The number of rotatable bonds is 1. The molecule has 1 fully saturated rings. The second-order valence-electron chi connectivity index (χ2n) is 3.56. The maximum absolute atomic E-state index is 10.8. The molecule has 0 aromatic heterocycles. The van der Waals surface area contributed by atoms with Crippen LogP contribution in [0.25, 0.3) is 0 Å². The molecule has 1 saturated carbocycles. The summed E-state index contributed by atoms with van der Waals surface area (Å²) in [5.74, 6) is -0.706. The van der Waals surface area contributed by atoms with Gasteiger partial charge in [-0.05, 0) is 26.2 Å². The number of carboxylic acids is 1. The van der Waals surface area contributed by atoms with E-state index in [1.807, 2.05) is 0 Å². The molecule has 0 amide bonds. The molecule has 2 atom stereocenters. The average Bonchev–Trinajstić information content (AvgIpc) is 1.86. The zero-order chi connectivity index (χ0) is 8.48. The molecule has 0 aromatic carbocycles. The summed E-state index contributed by atoms with van der Waals surface area (Å²) in [4.78, 5) is 10.8. The van der Waals surface area contributed by atoms with Gasteiger partial charge < -0.3 is 5.11 Å². The first-order valence-corrected chi connectivity index (χ1v) is 4.36. The summed E-state index contributed by atoms with van der Waals surface area (Å²) >= 11 is 5.88. The van der Waals surface area contributed by atoms with E-state index in [1.54, 1.807) is 6.92 Å². The lowest BCUT2D eigenvalue weighted by molar-refractivity contribution is -0.149. The lowest BCUT2D eigenvalue weighted by Crippen LogP contribution is -2.33. The van der Waals surface area contributed by atoms with E-state index >= 15 is 0 Å². The van der Waals surface area contributed by atoms with Gasteiger partial charge in [0.25, 0.3) is 0 Å². The van der Waals surface area contributed by atoms with Gasteiger partial charge in [-0.2, -0.15) is 0 Å². The number of hydrogen-bond donors (Lipinski definition) is 1. The van der Waals surface area contributed by atoms with Gasteiger partial charge in [-0.1, -0.05) is 6.42 Å². The number of aliphatic carboxylic acids is 1. The smallest absolute Gasteiger partial charge is 0.309 e. The van der Waals surface area contributed by atoms with Crippen LogP contribution in [0.2, 0.25) is 0 Å². The van der Waals surface area contributed by atoms with E-state index < -0.39 is 11.4 Å². The van der Waals surface area contributed by atoms with Crippen molar-refractivity contribution in [2.45, 2.75) is 38.0 Å². The Kier molecular flexibility index (Phi) is 2.43. The van der Waals surface area contributed by atoms with Gasteiger partial charge in [0.1, 0.15) is 0 Å². The van der Waals surface area contributed by atoms with Crippen LogP contribution < -0.4 is 0 Å². The molecule has 1 rings (SSSR count). The third kappa shape index (κ3) is 1.86. The number of hydrogen-bond acceptors (Lipinski definition) is 1. The molecule has 0 aliphatic heterocycles. The van der Waals surface area contributed by atoms with Crippen LogP contribution >= 0.6 is 11.6 Å². The van der Waals surface area contributed by atoms with Gasteiger partial charge >= 0.3 is 5.97 Å². The first-order chi connectivity index (χ1) is 5.04. The van der Waals surface area contributed by atoms with E-state index in [-0.39, 0.29) is 5.38 Å². The largest absolute Gasteiger partial charge is 0.481 e. The normalized spacial score (nSPS) is 38.5. The minimum Gasteiger partial charge on any atom is -0.481 e. The molecule has 0 unspecified atom stereocenters. The Bertz CT molecular complexity index is 169.